The van der Waals surface area contributed by atoms with Crippen molar-refractivity contribution in [3.05, 3.63) is 85.1 Å². The van der Waals surface area contributed by atoms with Crippen molar-refractivity contribution in [2.24, 2.45) is 0 Å². The Morgan fingerprint density at radius 1 is 0.378 bits per heavy atom. The molecule has 3 saturated heterocycles. The second kappa shape index (κ2) is 59.4. The van der Waals surface area contributed by atoms with Crippen LogP contribution in [0.25, 0.3) is 0 Å². The first-order valence-corrected chi connectivity index (χ1v) is 38.8. The first-order chi connectivity index (χ1) is 47.8. The predicted molar refractivity (Wildman–Crippen MR) is 388 cm³/mol. The number of hydrogen-bond donors (Lipinski definition) is 12. The summed E-state index contributed by atoms with van der Waals surface area (Å²) in [6.45, 7) is 1.69. The molecular formula is C79H139NO18. The molecule has 3 fully saturated rings. The fraction of sp³-hybridized carbons (Fsp3) is 0.810. The van der Waals surface area contributed by atoms with Crippen LogP contribution in [0.2, 0.25) is 0 Å². The van der Waals surface area contributed by atoms with E-state index < -0.39 is 124 Å². The summed E-state index contributed by atoms with van der Waals surface area (Å²) in [6, 6.07) is -0.889. The molecule has 17 atom stereocenters. The van der Waals surface area contributed by atoms with Crippen LogP contribution in [0.4, 0.5) is 0 Å². The largest absolute Gasteiger partial charge is 0.394 e. The second-order valence-corrected chi connectivity index (χ2v) is 27.4. The van der Waals surface area contributed by atoms with Crippen molar-refractivity contribution >= 4 is 5.91 Å². The third-order valence-corrected chi connectivity index (χ3v) is 19.0. The van der Waals surface area contributed by atoms with Crippen LogP contribution < -0.4 is 5.32 Å². The number of aliphatic hydroxyl groups is 11. The Balaban J connectivity index is 1.30. The van der Waals surface area contributed by atoms with Crippen LogP contribution in [0.1, 0.15) is 277 Å². The highest BCUT2D eigenvalue weighted by Gasteiger charge is 2.54. The molecule has 0 saturated carbocycles. The van der Waals surface area contributed by atoms with E-state index in [1.807, 2.05) is 0 Å². The van der Waals surface area contributed by atoms with Gasteiger partial charge in [-0.05, 0) is 70.6 Å². The quantitative estimate of drug-likeness (QED) is 0.0199. The molecule has 0 aromatic heterocycles. The van der Waals surface area contributed by atoms with Crippen molar-refractivity contribution in [1.82, 2.24) is 5.32 Å². The van der Waals surface area contributed by atoms with Crippen molar-refractivity contribution in [2.75, 3.05) is 26.4 Å². The minimum absolute atomic E-state index is 0.243. The standard InChI is InChI=1S/C79H139NO18/c1-3-5-7-9-11-13-15-17-19-20-21-22-23-24-25-26-27-28-29-30-31-32-33-34-35-36-37-38-39-40-41-42-43-45-47-49-51-53-55-57-67(85)80-62(63(84)56-54-52-50-48-46-44-18-16-14-12-10-8-6-4-2)61-93-77-73(91)70(88)75(65(59-82)95-77)98-79-74(92)71(89)76(66(60-83)96-79)97-78-72(90)69(87)68(86)64(58-81)94-78/h5,7,11,13,17,19,21-22,24-25,27-28,30-31,62-66,68-79,81-84,86-92H,3-4,6,8-10,12,14-16,18,20,23,26,29,32-61H2,1-2H3,(H,80,85)/b7-5-,13-11-,19-17-,22-21-,25-24-,28-27-,31-30-. The lowest BCUT2D eigenvalue weighted by Gasteiger charge is -2.48. The lowest BCUT2D eigenvalue weighted by Crippen LogP contribution is -2.66. The highest BCUT2D eigenvalue weighted by Crippen LogP contribution is 2.33. The number of allylic oxidation sites excluding steroid dienone is 14. The molecule has 19 heteroatoms. The summed E-state index contributed by atoms with van der Waals surface area (Å²) >= 11 is 0. The number of unbranched alkanes of at least 4 members (excludes halogenated alkanes) is 30. The van der Waals surface area contributed by atoms with Crippen LogP contribution in [0.15, 0.2) is 85.1 Å². The van der Waals surface area contributed by atoms with Crippen molar-refractivity contribution in [3.63, 3.8) is 0 Å². The van der Waals surface area contributed by atoms with Crippen LogP contribution in [0, 0.1) is 0 Å². The van der Waals surface area contributed by atoms with Crippen molar-refractivity contribution in [2.45, 2.75) is 381 Å². The maximum atomic E-state index is 13.5. The maximum Gasteiger partial charge on any atom is 0.220 e. The zero-order valence-electron chi connectivity index (χ0n) is 60.5. The fourth-order valence-corrected chi connectivity index (χ4v) is 12.8. The van der Waals surface area contributed by atoms with E-state index in [0.717, 1.165) is 89.9 Å². The normalized spacial score (nSPS) is 27.2. The fourth-order valence-electron chi connectivity index (χ4n) is 12.8. The first kappa shape index (κ1) is 89.2. The second-order valence-electron chi connectivity index (χ2n) is 27.4. The number of amides is 1. The van der Waals surface area contributed by atoms with Crippen LogP contribution in [0.3, 0.4) is 0 Å². The van der Waals surface area contributed by atoms with Crippen molar-refractivity contribution in [1.29, 1.82) is 0 Å². The number of nitrogens with one attached hydrogen (secondary N) is 1. The Morgan fingerprint density at radius 2 is 0.704 bits per heavy atom. The highest BCUT2D eigenvalue weighted by molar-refractivity contribution is 5.76. The molecule has 98 heavy (non-hydrogen) atoms. The van der Waals surface area contributed by atoms with Gasteiger partial charge in [0.05, 0.1) is 38.6 Å². The molecular weight excluding hydrogens is 1250 g/mol. The zero-order valence-corrected chi connectivity index (χ0v) is 60.5. The van der Waals surface area contributed by atoms with Gasteiger partial charge in [0, 0.05) is 6.42 Å². The number of rotatable bonds is 60. The molecule has 3 rings (SSSR count). The van der Waals surface area contributed by atoms with Gasteiger partial charge in [-0.25, -0.2) is 0 Å². The van der Waals surface area contributed by atoms with Gasteiger partial charge in [0.1, 0.15) is 73.2 Å². The number of aliphatic hydroxyl groups excluding tert-OH is 11. The van der Waals surface area contributed by atoms with Crippen LogP contribution >= 0.6 is 0 Å². The van der Waals surface area contributed by atoms with E-state index in [2.05, 4.69) is 104 Å². The molecule has 3 heterocycles. The van der Waals surface area contributed by atoms with E-state index >= 15 is 0 Å². The zero-order chi connectivity index (χ0) is 71.1. The van der Waals surface area contributed by atoms with Gasteiger partial charge in [-0.15, -0.1) is 0 Å². The average Bonchev–Trinajstić information content (AvgIpc) is 0.785. The lowest BCUT2D eigenvalue weighted by atomic mass is 9.96. The SMILES string of the molecule is CC/C=C\C/C=C\C/C=C\C/C=C\C/C=C\C/C=C\C/C=C\CCCCCCCCCCCCCCCCCCCC(=O)NC(COC1OC(CO)C(OC2OC(CO)C(OC3OC(CO)C(O)C(O)C3O)C(O)C2O)C(O)C1O)C(O)CCCCCCCCCCCCCCCC. The molecule has 0 bridgehead atoms. The van der Waals surface area contributed by atoms with E-state index in [9.17, 15) is 61.0 Å². The minimum Gasteiger partial charge on any atom is -0.394 e. The number of carbonyl (C=O) groups is 1. The molecule has 568 valence electrons. The van der Waals surface area contributed by atoms with Gasteiger partial charge < -0.3 is 89.9 Å². The molecule has 12 N–H and O–H groups in total. The van der Waals surface area contributed by atoms with E-state index in [1.165, 1.54) is 154 Å². The van der Waals surface area contributed by atoms with Crippen LogP contribution in [0.5, 0.6) is 0 Å². The topological polar surface area (TPSA) is 307 Å². The molecule has 17 unspecified atom stereocenters. The van der Waals surface area contributed by atoms with Crippen molar-refractivity contribution < 1.29 is 89.4 Å². The number of hydrogen-bond acceptors (Lipinski definition) is 18. The monoisotopic (exact) mass is 1390 g/mol. The highest BCUT2D eigenvalue weighted by atomic mass is 16.8. The summed E-state index contributed by atoms with van der Waals surface area (Å²) in [6.07, 6.45) is 51.1. The smallest absolute Gasteiger partial charge is 0.220 e. The lowest BCUT2D eigenvalue weighted by molar-refractivity contribution is -0.379. The summed E-state index contributed by atoms with van der Waals surface area (Å²) in [5, 5.41) is 121. The summed E-state index contributed by atoms with van der Waals surface area (Å²) in [5.41, 5.74) is 0. The minimum atomic E-state index is -1.97. The molecule has 0 aromatic carbocycles. The molecule has 0 aliphatic carbocycles. The third kappa shape index (κ3) is 39.6. The third-order valence-electron chi connectivity index (χ3n) is 19.0. The molecule has 19 nitrogen and oxygen atoms in total. The summed E-state index contributed by atoms with van der Waals surface area (Å²) in [7, 11) is 0. The summed E-state index contributed by atoms with van der Waals surface area (Å²) < 4.78 is 34.4. The van der Waals surface area contributed by atoms with E-state index in [4.69, 9.17) is 28.4 Å². The summed E-state index contributed by atoms with van der Waals surface area (Å²) in [4.78, 5) is 13.5. The predicted octanol–water partition coefficient (Wildman–Crippen LogP) is 12.2. The molecule has 3 aliphatic heterocycles. The number of ether oxygens (including phenoxy) is 6. The Morgan fingerprint density at radius 3 is 1.10 bits per heavy atom. The Hall–Kier alpha value is -3.03. The van der Waals surface area contributed by atoms with Gasteiger partial charge in [0.15, 0.2) is 18.9 Å². The maximum absolute atomic E-state index is 13.5. The van der Waals surface area contributed by atoms with Gasteiger partial charge in [-0.3, -0.25) is 4.79 Å². The Labute approximate surface area is 590 Å². The van der Waals surface area contributed by atoms with Gasteiger partial charge in [0.25, 0.3) is 0 Å². The first-order valence-electron chi connectivity index (χ1n) is 38.8. The van der Waals surface area contributed by atoms with Crippen LogP contribution in [-0.2, 0) is 33.2 Å². The average molecular weight is 1390 g/mol. The van der Waals surface area contributed by atoms with Gasteiger partial charge in [-0.1, -0.05) is 285 Å². The molecule has 3 aliphatic rings. The molecule has 1 amide bonds. The molecule has 0 aromatic rings. The van der Waals surface area contributed by atoms with Crippen LogP contribution in [-0.4, -0.2) is 193 Å². The Bertz CT molecular complexity index is 2100. The van der Waals surface area contributed by atoms with Gasteiger partial charge in [-0.2, -0.15) is 0 Å². The van der Waals surface area contributed by atoms with Gasteiger partial charge >= 0.3 is 0 Å². The van der Waals surface area contributed by atoms with E-state index in [1.54, 1.807) is 0 Å². The van der Waals surface area contributed by atoms with Crippen molar-refractivity contribution in [3.8, 4) is 0 Å². The van der Waals surface area contributed by atoms with E-state index in [-0.39, 0.29) is 18.9 Å². The Kier molecular flexibility index (Phi) is 54.0. The summed E-state index contributed by atoms with van der Waals surface area (Å²) in [5.74, 6) is -0.243. The van der Waals surface area contributed by atoms with E-state index in [0.29, 0.717) is 12.8 Å². The van der Waals surface area contributed by atoms with Gasteiger partial charge in [0.2, 0.25) is 5.91 Å². The molecule has 0 radical (unpaired) electrons. The molecule has 0 spiro atoms. The number of carbonyl (C=O) groups excluding carboxylic acids is 1.